The zero-order chi connectivity index (χ0) is 13.0. The van der Waals surface area contributed by atoms with E-state index >= 15 is 0 Å². The molecule has 0 saturated carbocycles. The highest BCUT2D eigenvalue weighted by Gasteiger charge is 2.03. The molecular formula is C13H16FN3O. The first-order valence-corrected chi connectivity index (χ1v) is 5.76. The molecule has 1 heterocycles. The lowest BCUT2D eigenvalue weighted by Gasteiger charge is -2.10. The van der Waals surface area contributed by atoms with Crippen molar-refractivity contribution in [3.63, 3.8) is 0 Å². The molecule has 1 aromatic heterocycles. The van der Waals surface area contributed by atoms with Gasteiger partial charge in [-0.2, -0.15) is 0 Å². The minimum atomic E-state index is -0.353. The third-order valence-corrected chi connectivity index (χ3v) is 2.76. The number of halogens is 1. The molecule has 96 valence electrons. The van der Waals surface area contributed by atoms with E-state index in [2.05, 4.69) is 10.3 Å². The fourth-order valence-electron chi connectivity index (χ4n) is 1.73. The van der Waals surface area contributed by atoms with Gasteiger partial charge in [0.05, 0.1) is 7.11 Å². The lowest BCUT2D eigenvalue weighted by Crippen LogP contribution is -2.11. The number of anilines is 1. The molecule has 0 fully saturated rings. The Kier molecular flexibility index (Phi) is 3.82. The van der Waals surface area contributed by atoms with Crippen LogP contribution in [0.4, 0.5) is 10.1 Å². The van der Waals surface area contributed by atoms with Crippen LogP contribution in [0.2, 0.25) is 0 Å². The molecular weight excluding hydrogens is 233 g/mol. The monoisotopic (exact) mass is 249 g/mol. The lowest BCUT2D eigenvalue weighted by molar-refractivity contribution is 0.387. The minimum absolute atomic E-state index is 0.249. The smallest absolute Gasteiger partial charge is 0.165 e. The van der Waals surface area contributed by atoms with Gasteiger partial charge in [0.15, 0.2) is 11.6 Å². The Morgan fingerprint density at radius 3 is 2.94 bits per heavy atom. The maximum atomic E-state index is 13.2. The van der Waals surface area contributed by atoms with Crippen LogP contribution in [0.5, 0.6) is 5.75 Å². The zero-order valence-corrected chi connectivity index (χ0v) is 10.5. The van der Waals surface area contributed by atoms with Gasteiger partial charge in [-0.05, 0) is 19.1 Å². The number of benzene rings is 1. The van der Waals surface area contributed by atoms with Gasteiger partial charge in [0.1, 0.15) is 5.82 Å². The number of hydrogen-bond acceptors (Lipinski definition) is 3. The third kappa shape index (κ3) is 2.80. The van der Waals surface area contributed by atoms with Gasteiger partial charge in [-0.3, -0.25) is 0 Å². The van der Waals surface area contributed by atoms with Crippen LogP contribution in [0.25, 0.3) is 0 Å². The van der Waals surface area contributed by atoms with Crippen LogP contribution in [0, 0.1) is 12.7 Å². The van der Waals surface area contributed by atoms with Crippen molar-refractivity contribution in [3.05, 3.63) is 42.2 Å². The van der Waals surface area contributed by atoms with E-state index in [4.69, 9.17) is 4.74 Å². The van der Waals surface area contributed by atoms with Crippen LogP contribution in [0.3, 0.4) is 0 Å². The van der Waals surface area contributed by atoms with Crippen LogP contribution in [0.15, 0.2) is 30.6 Å². The topological polar surface area (TPSA) is 39.1 Å². The van der Waals surface area contributed by atoms with E-state index in [1.54, 1.807) is 18.3 Å². The van der Waals surface area contributed by atoms with E-state index in [0.29, 0.717) is 0 Å². The van der Waals surface area contributed by atoms with Crippen molar-refractivity contribution in [1.82, 2.24) is 9.55 Å². The predicted octanol–water partition coefficient (Wildman–Crippen LogP) is 2.45. The fourth-order valence-corrected chi connectivity index (χ4v) is 1.73. The summed E-state index contributed by atoms with van der Waals surface area (Å²) in [4.78, 5) is 4.15. The Morgan fingerprint density at radius 2 is 2.28 bits per heavy atom. The largest absolute Gasteiger partial charge is 0.494 e. The Morgan fingerprint density at radius 1 is 1.44 bits per heavy atom. The molecule has 0 amide bonds. The summed E-state index contributed by atoms with van der Waals surface area (Å²) in [6.45, 7) is 3.51. The summed E-state index contributed by atoms with van der Waals surface area (Å²) in [7, 11) is 1.46. The second-order valence-corrected chi connectivity index (χ2v) is 3.94. The van der Waals surface area contributed by atoms with E-state index < -0.39 is 0 Å². The van der Waals surface area contributed by atoms with E-state index in [1.165, 1.54) is 13.2 Å². The van der Waals surface area contributed by atoms with Gasteiger partial charge in [-0.1, -0.05) is 0 Å². The minimum Gasteiger partial charge on any atom is -0.494 e. The summed E-state index contributed by atoms with van der Waals surface area (Å²) >= 11 is 0. The molecule has 2 aromatic rings. The van der Waals surface area contributed by atoms with Crippen molar-refractivity contribution in [3.8, 4) is 5.75 Å². The highest BCUT2D eigenvalue weighted by molar-refractivity contribution is 5.48. The Bertz CT molecular complexity index is 525. The third-order valence-electron chi connectivity index (χ3n) is 2.76. The molecule has 0 aliphatic carbocycles. The zero-order valence-electron chi connectivity index (χ0n) is 10.5. The number of nitrogens with one attached hydrogen (secondary N) is 1. The molecule has 0 atom stereocenters. The van der Waals surface area contributed by atoms with Gasteiger partial charge < -0.3 is 14.6 Å². The molecule has 0 unspecified atom stereocenters. The van der Waals surface area contributed by atoms with Crippen molar-refractivity contribution in [2.75, 3.05) is 19.0 Å². The van der Waals surface area contributed by atoms with Gasteiger partial charge in [0.2, 0.25) is 0 Å². The molecule has 0 aliphatic heterocycles. The maximum Gasteiger partial charge on any atom is 0.165 e. The molecule has 0 bridgehead atoms. The lowest BCUT2D eigenvalue weighted by atomic mass is 10.3. The molecule has 0 radical (unpaired) electrons. The molecule has 5 heteroatoms. The van der Waals surface area contributed by atoms with Crippen LogP contribution in [0.1, 0.15) is 5.82 Å². The summed E-state index contributed by atoms with van der Waals surface area (Å²) in [5.41, 5.74) is 0.839. The number of hydrogen-bond donors (Lipinski definition) is 1. The number of methoxy groups -OCH3 is 1. The predicted molar refractivity (Wildman–Crippen MR) is 68.4 cm³/mol. The number of aryl methyl sites for hydroxylation is 1. The second-order valence-electron chi connectivity index (χ2n) is 3.94. The molecule has 1 aromatic carbocycles. The highest BCUT2D eigenvalue weighted by Crippen LogP contribution is 2.21. The quantitative estimate of drug-likeness (QED) is 0.884. The summed E-state index contributed by atoms with van der Waals surface area (Å²) in [5.74, 6) is 0.876. The number of aromatic nitrogens is 2. The van der Waals surface area contributed by atoms with Crippen LogP contribution in [-0.4, -0.2) is 23.2 Å². The van der Waals surface area contributed by atoms with Crippen LogP contribution < -0.4 is 10.1 Å². The molecule has 18 heavy (non-hydrogen) atoms. The summed E-state index contributed by atoms with van der Waals surface area (Å²) < 4.78 is 20.2. The summed E-state index contributed by atoms with van der Waals surface area (Å²) in [6.07, 6.45) is 3.71. The van der Waals surface area contributed by atoms with Crippen molar-refractivity contribution in [1.29, 1.82) is 0 Å². The van der Waals surface area contributed by atoms with Gasteiger partial charge in [-0.15, -0.1) is 0 Å². The first-order valence-electron chi connectivity index (χ1n) is 5.76. The van der Waals surface area contributed by atoms with Gasteiger partial charge in [0, 0.05) is 37.2 Å². The van der Waals surface area contributed by atoms with Crippen LogP contribution >= 0.6 is 0 Å². The van der Waals surface area contributed by atoms with E-state index in [-0.39, 0.29) is 11.6 Å². The molecule has 0 saturated heterocycles. The average Bonchev–Trinajstić information content (AvgIpc) is 2.77. The second kappa shape index (κ2) is 5.53. The van der Waals surface area contributed by atoms with E-state index in [1.807, 2.05) is 17.7 Å². The standard InChI is InChI=1S/C13H16FN3O/c1-10-15-5-7-17(10)8-6-16-11-3-4-12(14)13(9-11)18-2/h3-5,7,9,16H,6,8H2,1-2H3. The van der Waals surface area contributed by atoms with Gasteiger partial charge >= 0.3 is 0 Å². The average molecular weight is 249 g/mol. The fraction of sp³-hybridized carbons (Fsp3) is 0.308. The number of rotatable bonds is 5. The normalized spacial score (nSPS) is 10.4. The van der Waals surface area contributed by atoms with Crippen molar-refractivity contribution >= 4 is 5.69 Å². The van der Waals surface area contributed by atoms with Gasteiger partial charge in [-0.25, -0.2) is 9.37 Å². The van der Waals surface area contributed by atoms with E-state index in [9.17, 15) is 4.39 Å². The Labute approximate surface area is 105 Å². The first kappa shape index (κ1) is 12.4. The maximum absolute atomic E-state index is 13.2. The SMILES string of the molecule is COc1cc(NCCn2ccnc2C)ccc1F. The Balaban J connectivity index is 1.92. The number of nitrogens with zero attached hydrogens (tertiary/aromatic N) is 2. The molecule has 0 aliphatic rings. The van der Waals surface area contributed by atoms with Crippen LogP contribution in [-0.2, 0) is 6.54 Å². The van der Waals surface area contributed by atoms with Crippen molar-refractivity contribution in [2.24, 2.45) is 0 Å². The van der Waals surface area contributed by atoms with Crippen molar-refractivity contribution in [2.45, 2.75) is 13.5 Å². The molecule has 2 rings (SSSR count). The first-order chi connectivity index (χ1) is 8.70. The molecule has 0 spiro atoms. The van der Waals surface area contributed by atoms with E-state index in [0.717, 1.165) is 24.6 Å². The molecule has 4 nitrogen and oxygen atoms in total. The summed E-state index contributed by atoms with van der Waals surface area (Å²) in [6, 6.07) is 4.73. The highest BCUT2D eigenvalue weighted by atomic mass is 19.1. The van der Waals surface area contributed by atoms with Crippen molar-refractivity contribution < 1.29 is 9.13 Å². The van der Waals surface area contributed by atoms with Gasteiger partial charge in [0.25, 0.3) is 0 Å². The number of imidazole rings is 1. The summed E-state index contributed by atoms with van der Waals surface area (Å²) in [5, 5.41) is 3.22. The number of ether oxygens (including phenoxy) is 1. The Hall–Kier alpha value is -2.04. The molecule has 1 N–H and O–H groups in total.